The first kappa shape index (κ1) is 24.4. The maximum Gasteiger partial charge on any atom is 0.170 e. The van der Waals surface area contributed by atoms with Crippen molar-refractivity contribution in [3.05, 3.63) is 71.0 Å². The van der Waals surface area contributed by atoms with Crippen molar-refractivity contribution in [2.24, 2.45) is 29.1 Å². The highest BCUT2D eigenvalue weighted by atomic mass is 16.3. The molecule has 0 saturated heterocycles. The van der Waals surface area contributed by atoms with Crippen molar-refractivity contribution in [1.29, 1.82) is 0 Å². The van der Waals surface area contributed by atoms with Crippen molar-refractivity contribution in [1.82, 2.24) is 0 Å². The number of furan rings is 1. The molecule has 0 spiro atoms. The molecule has 3 nitrogen and oxygen atoms in total. The number of hydrogen-bond donors (Lipinski definition) is 0. The Labute approximate surface area is 204 Å². The summed E-state index contributed by atoms with van der Waals surface area (Å²) >= 11 is 0. The van der Waals surface area contributed by atoms with Gasteiger partial charge in [-0.15, -0.1) is 0 Å². The van der Waals surface area contributed by atoms with Crippen LogP contribution in [0.2, 0.25) is 0 Å². The highest BCUT2D eigenvalue weighted by Gasteiger charge is 2.40. The number of ketones is 2. The van der Waals surface area contributed by atoms with Gasteiger partial charge in [-0.1, -0.05) is 71.9 Å². The summed E-state index contributed by atoms with van der Waals surface area (Å²) in [5, 5.41) is 0. The normalized spacial score (nSPS) is 24.9. The predicted octanol–water partition coefficient (Wildman–Crippen LogP) is 7.86. The van der Waals surface area contributed by atoms with E-state index in [0.717, 1.165) is 41.7 Å². The fraction of sp³-hybridized carbons (Fsp3) is 0.484. The molecule has 2 aliphatic carbocycles. The van der Waals surface area contributed by atoms with Crippen LogP contribution in [0.1, 0.15) is 76.7 Å². The van der Waals surface area contributed by atoms with Crippen LogP contribution in [0.3, 0.4) is 0 Å². The maximum atomic E-state index is 13.2. The van der Waals surface area contributed by atoms with Gasteiger partial charge in [0.05, 0.1) is 5.56 Å². The van der Waals surface area contributed by atoms with Gasteiger partial charge >= 0.3 is 0 Å². The largest absolute Gasteiger partial charge is 0.464 e. The minimum absolute atomic E-state index is 0.0386. The van der Waals surface area contributed by atoms with Gasteiger partial charge in [-0.2, -0.15) is 0 Å². The summed E-state index contributed by atoms with van der Waals surface area (Å²) in [5.74, 6) is 1.76. The lowest BCUT2D eigenvalue weighted by Gasteiger charge is -2.17. The topological polar surface area (TPSA) is 47.3 Å². The van der Waals surface area contributed by atoms with Gasteiger partial charge in [0.1, 0.15) is 17.8 Å². The number of carbonyl (C=O) groups is 2. The van der Waals surface area contributed by atoms with E-state index in [4.69, 9.17) is 4.42 Å². The molecule has 1 heterocycles. The molecule has 0 bridgehead atoms. The second-order valence-electron chi connectivity index (χ2n) is 11.7. The number of Topliss-reactive ketones (excluding diaryl/α,β-unsaturated/α-hetero) is 2. The molecule has 2 aromatic rings. The molecule has 2 aliphatic rings. The molecule has 1 aromatic heterocycles. The number of aryl methyl sites for hydroxylation is 1. The summed E-state index contributed by atoms with van der Waals surface area (Å²) in [6.45, 7) is 13.1. The van der Waals surface area contributed by atoms with Crippen LogP contribution >= 0.6 is 0 Å². The molecule has 1 saturated carbocycles. The number of hydrogen-bond acceptors (Lipinski definition) is 3. The summed E-state index contributed by atoms with van der Waals surface area (Å²) in [7, 11) is 0. The van der Waals surface area contributed by atoms with E-state index in [0.29, 0.717) is 29.1 Å². The summed E-state index contributed by atoms with van der Waals surface area (Å²) in [4.78, 5) is 26.0. The molecule has 0 amide bonds. The zero-order valence-corrected chi connectivity index (χ0v) is 21.5. The Morgan fingerprint density at radius 3 is 2.53 bits per heavy atom. The van der Waals surface area contributed by atoms with E-state index >= 15 is 0 Å². The molecular formula is C31H38O3. The van der Waals surface area contributed by atoms with Crippen LogP contribution < -0.4 is 0 Å². The standard InChI is InChI=1S/C31H38O3/c1-19-12-24(26(13-19)27-14-20(2)21(3)30(27)33)16-28(32)25-17-29(34-18-25)23-9-7-8-22(15-23)10-11-31(4,5)6/h7-9,12-13,15,17-21,27H,10-11,14,16H2,1-6H3. The van der Waals surface area contributed by atoms with Crippen LogP contribution in [0.4, 0.5) is 0 Å². The average Bonchev–Trinajstić information content (AvgIpc) is 3.47. The van der Waals surface area contributed by atoms with Crippen molar-refractivity contribution in [2.75, 3.05) is 0 Å². The monoisotopic (exact) mass is 458 g/mol. The molecule has 4 rings (SSSR count). The van der Waals surface area contributed by atoms with Crippen molar-refractivity contribution < 1.29 is 14.0 Å². The molecule has 180 valence electrons. The number of benzene rings is 1. The van der Waals surface area contributed by atoms with Gasteiger partial charge in [0.15, 0.2) is 5.78 Å². The third-order valence-electron chi connectivity index (χ3n) is 7.55. The summed E-state index contributed by atoms with van der Waals surface area (Å²) < 4.78 is 5.82. The fourth-order valence-electron chi connectivity index (χ4n) is 5.23. The van der Waals surface area contributed by atoms with Crippen LogP contribution in [0.15, 0.2) is 64.3 Å². The maximum absolute atomic E-state index is 13.2. The first-order chi connectivity index (χ1) is 16.0. The number of allylic oxidation sites excluding steroid dienone is 4. The van der Waals surface area contributed by atoms with Gasteiger partial charge in [-0.05, 0) is 65.4 Å². The lowest BCUT2D eigenvalue weighted by molar-refractivity contribution is -0.122. The predicted molar refractivity (Wildman–Crippen MR) is 138 cm³/mol. The lowest BCUT2D eigenvalue weighted by Crippen LogP contribution is -2.16. The van der Waals surface area contributed by atoms with E-state index in [1.54, 1.807) is 6.26 Å². The Bertz CT molecular complexity index is 1140. The second-order valence-corrected chi connectivity index (χ2v) is 11.7. The average molecular weight is 459 g/mol. The third kappa shape index (κ3) is 5.35. The van der Waals surface area contributed by atoms with Gasteiger partial charge in [-0.25, -0.2) is 0 Å². The van der Waals surface area contributed by atoms with E-state index < -0.39 is 0 Å². The Morgan fingerprint density at radius 2 is 1.85 bits per heavy atom. The number of carbonyl (C=O) groups excluding carboxylic acids is 2. The molecule has 1 aromatic carbocycles. The van der Waals surface area contributed by atoms with Crippen LogP contribution in [0, 0.1) is 29.1 Å². The zero-order valence-electron chi connectivity index (χ0n) is 21.5. The molecule has 1 fully saturated rings. The first-order valence-electron chi connectivity index (χ1n) is 12.7. The fourth-order valence-corrected chi connectivity index (χ4v) is 5.23. The Morgan fingerprint density at radius 1 is 1.09 bits per heavy atom. The summed E-state index contributed by atoms with van der Waals surface area (Å²) in [5.41, 5.74) is 5.26. The Kier molecular flexibility index (Phi) is 6.85. The third-order valence-corrected chi connectivity index (χ3v) is 7.55. The quantitative estimate of drug-likeness (QED) is 0.397. The first-order valence-corrected chi connectivity index (χ1v) is 12.7. The molecular weight excluding hydrogens is 420 g/mol. The van der Waals surface area contributed by atoms with Gasteiger partial charge in [-0.3, -0.25) is 9.59 Å². The molecule has 0 N–H and O–H groups in total. The smallest absolute Gasteiger partial charge is 0.170 e. The van der Waals surface area contributed by atoms with Crippen LogP contribution in [0.25, 0.3) is 11.3 Å². The SMILES string of the molecule is CC1C=C(CC(=O)c2coc(-c3cccc(CCC(C)(C)C)c3)c2)C(C2CC(C)C(C)C2=O)=C1. The van der Waals surface area contributed by atoms with Gasteiger partial charge in [0, 0.05) is 23.8 Å². The summed E-state index contributed by atoms with van der Waals surface area (Å²) in [6, 6.07) is 10.3. The van der Waals surface area contributed by atoms with Crippen molar-refractivity contribution in [3.8, 4) is 11.3 Å². The molecule has 3 heteroatoms. The van der Waals surface area contributed by atoms with Crippen molar-refractivity contribution in [3.63, 3.8) is 0 Å². The molecule has 4 unspecified atom stereocenters. The van der Waals surface area contributed by atoms with Crippen LogP contribution in [0.5, 0.6) is 0 Å². The Hall–Kier alpha value is -2.68. The second kappa shape index (κ2) is 9.52. The van der Waals surface area contributed by atoms with E-state index in [1.807, 2.05) is 19.1 Å². The minimum Gasteiger partial charge on any atom is -0.464 e. The van der Waals surface area contributed by atoms with Crippen LogP contribution in [-0.4, -0.2) is 11.6 Å². The molecule has 0 radical (unpaired) electrons. The lowest BCUT2D eigenvalue weighted by atomic mass is 9.88. The highest BCUT2D eigenvalue weighted by Crippen LogP contribution is 2.43. The van der Waals surface area contributed by atoms with Crippen molar-refractivity contribution >= 4 is 11.6 Å². The molecule has 34 heavy (non-hydrogen) atoms. The van der Waals surface area contributed by atoms with Gasteiger partial charge < -0.3 is 4.42 Å². The highest BCUT2D eigenvalue weighted by molar-refractivity contribution is 5.99. The van der Waals surface area contributed by atoms with E-state index in [2.05, 4.69) is 65.0 Å². The zero-order chi connectivity index (χ0) is 24.6. The number of rotatable bonds is 7. The Balaban J connectivity index is 1.46. The minimum atomic E-state index is -0.0650. The van der Waals surface area contributed by atoms with E-state index in [1.165, 1.54) is 5.56 Å². The van der Waals surface area contributed by atoms with Crippen molar-refractivity contribution in [2.45, 2.75) is 67.2 Å². The van der Waals surface area contributed by atoms with E-state index in [-0.39, 0.29) is 23.5 Å². The van der Waals surface area contributed by atoms with Gasteiger partial charge in [0.2, 0.25) is 0 Å². The molecule has 0 aliphatic heterocycles. The van der Waals surface area contributed by atoms with Crippen LogP contribution in [-0.2, 0) is 11.2 Å². The molecule has 4 atom stereocenters. The summed E-state index contributed by atoms with van der Waals surface area (Å²) in [6.07, 6.45) is 9.23. The van der Waals surface area contributed by atoms with E-state index in [9.17, 15) is 9.59 Å². The van der Waals surface area contributed by atoms with Gasteiger partial charge in [0.25, 0.3) is 0 Å².